The molecular weight excluding hydrogens is 479 g/mol. The molecule has 0 bridgehead atoms. The van der Waals surface area contributed by atoms with Crippen LogP contribution >= 0.6 is 36.4 Å². The summed E-state index contributed by atoms with van der Waals surface area (Å²) >= 11 is 5.99. The van der Waals surface area contributed by atoms with Gasteiger partial charge in [-0.1, -0.05) is 29.8 Å². The number of nitrogens with two attached hydrogens (primary N) is 1. The number of nitrogens with zero attached hydrogens (tertiary/aromatic N) is 2. The predicted octanol–water partition coefficient (Wildman–Crippen LogP) is 6.77. The van der Waals surface area contributed by atoms with Crippen molar-refractivity contribution in [3.05, 3.63) is 58.9 Å². The van der Waals surface area contributed by atoms with Gasteiger partial charge in [-0.25, -0.2) is 9.97 Å². The van der Waals surface area contributed by atoms with Crippen molar-refractivity contribution in [1.82, 2.24) is 9.97 Å². The van der Waals surface area contributed by atoms with Gasteiger partial charge in [0.05, 0.1) is 11.6 Å². The maximum Gasteiger partial charge on any atom is 0.154 e. The van der Waals surface area contributed by atoms with Gasteiger partial charge in [0.2, 0.25) is 0 Å². The van der Waals surface area contributed by atoms with Crippen LogP contribution in [0.15, 0.2) is 42.5 Å². The predicted molar refractivity (Wildman–Crippen MR) is 144 cm³/mol. The highest BCUT2D eigenvalue weighted by Crippen LogP contribution is 2.29. The van der Waals surface area contributed by atoms with Crippen LogP contribution in [0.4, 0.5) is 5.82 Å². The number of aromatic nitrogens is 2. The van der Waals surface area contributed by atoms with E-state index in [9.17, 15) is 0 Å². The Hall–Kier alpha value is -2.05. The molecule has 2 aromatic carbocycles. The van der Waals surface area contributed by atoms with E-state index in [4.69, 9.17) is 32.0 Å². The molecule has 0 aliphatic heterocycles. The molecule has 1 aliphatic rings. The van der Waals surface area contributed by atoms with Crippen LogP contribution in [0.2, 0.25) is 5.02 Å². The van der Waals surface area contributed by atoms with Crippen LogP contribution < -0.4 is 15.8 Å². The number of ether oxygens (including phenoxy) is 1. The molecule has 33 heavy (non-hydrogen) atoms. The van der Waals surface area contributed by atoms with E-state index in [0.717, 1.165) is 58.7 Å². The Balaban J connectivity index is 0.00000193. The lowest BCUT2D eigenvalue weighted by Crippen LogP contribution is -2.33. The smallest absolute Gasteiger partial charge is 0.154 e. The van der Waals surface area contributed by atoms with Crippen LogP contribution in [-0.2, 0) is 0 Å². The maximum atomic E-state index is 6.09. The number of nitrogens with one attached hydrogen (secondary N) is 1. The second-order valence-electron chi connectivity index (χ2n) is 8.42. The maximum absolute atomic E-state index is 6.09. The highest BCUT2D eigenvalue weighted by atomic mass is 35.5. The molecule has 3 N–H and O–H groups in total. The van der Waals surface area contributed by atoms with Crippen molar-refractivity contribution in [3.8, 4) is 5.75 Å². The van der Waals surface area contributed by atoms with Crippen molar-refractivity contribution >= 4 is 65.3 Å². The van der Waals surface area contributed by atoms with Gasteiger partial charge in [-0.15, -0.1) is 24.8 Å². The Bertz CT molecular complexity index is 1070. The fraction of sp³-hybridized carbons (Fsp3) is 0.360. The van der Waals surface area contributed by atoms with Gasteiger partial charge in [-0.2, -0.15) is 0 Å². The zero-order valence-corrected chi connectivity index (χ0v) is 21.2. The largest absolute Gasteiger partial charge is 0.491 e. The first-order valence-corrected chi connectivity index (χ1v) is 11.3. The van der Waals surface area contributed by atoms with Crippen molar-refractivity contribution in [1.29, 1.82) is 0 Å². The lowest BCUT2D eigenvalue weighted by atomic mass is 9.92. The first kappa shape index (κ1) is 27.2. The highest BCUT2D eigenvalue weighted by Gasteiger charge is 2.20. The third kappa shape index (κ3) is 7.47. The van der Waals surface area contributed by atoms with E-state index in [1.54, 1.807) is 0 Å². The molecule has 4 rings (SSSR count). The minimum atomic E-state index is 0. The molecular formula is C25H31Cl3N4O. The molecule has 1 fully saturated rings. The van der Waals surface area contributed by atoms with E-state index in [2.05, 4.69) is 5.32 Å². The van der Waals surface area contributed by atoms with Crippen molar-refractivity contribution in [2.24, 2.45) is 5.73 Å². The molecule has 3 aromatic rings. The number of rotatable bonds is 6. The third-order valence-corrected chi connectivity index (χ3v) is 5.72. The normalized spacial score (nSPS) is 18.1. The second kappa shape index (κ2) is 12.4. The summed E-state index contributed by atoms with van der Waals surface area (Å²) in [4.78, 5) is 9.60. The number of hydrogen-bond acceptors (Lipinski definition) is 5. The summed E-state index contributed by atoms with van der Waals surface area (Å²) in [7, 11) is 0. The van der Waals surface area contributed by atoms with Crippen LogP contribution in [0.3, 0.4) is 0 Å². The van der Waals surface area contributed by atoms with Gasteiger partial charge in [-0.05, 0) is 81.5 Å². The van der Waals surface area contributed by atoms with Crippen molar-refractivity contribution in [2.75, 3.05) is 5.32 Å². The van der Waals surface area contributed by atoms with E-state index in [1.807, 2.05) is 68.5 Å². The number of halogens is 3. The third-order valence-electron chi connectivity index (χ3n) is 5.46. The standard InChI is InChI=1S/C25H29ClN4O.2ClH/c1-16(2)31-21-12-13-23-22(15-21)25(28-20-10-8-19(27)9-11-20)30-24(29-23)14-5-17-3-6-18(26)7-4-17;;/h3-7,12-16,19-20H,8-11,27H2,1-2H3,(H,28,29,30);2*1H. The lowest BCUT2D eigenvalue weighted by molar-refractivity contribution is 0.243. The SMILES string of the molecule is CC(C)Oc1ccc2nc(C=Cc3ccc(Cl)cc3)nc(NC3CCC(N)CC3)c2c1.Cl.Cl. The van der Waals surface area contributed by atoms with Crippen LogP contribution in [0, 0.1) is 0 Å². The minimum Gasteiger partial charge on any atom is -0.491 e. The van der Waals surface area contributed by atoms with Gasteiger partial charge >= 0.3 is 0 Å². The fourth-order valence-corrected chi connectivity index (χ4v) is 3.98. The number of benzene rings is 2. The molecule has 0 spiro atoms. The lowest BCUT2D eigenvalue weighted by Gasteiger charge is -2.27. The molecule has 178 valence electrons. The van der Waals surface area contributed by atoms with E-state index < -0.39 is 0 Å². The molecule has 0 amide bonds. The van der Waals surface area contributed by atoms with Crippen molar-refractivity contribution in [3.63, 3.8) is 0 Å². The summed E-state index contributed by atoms with van der Waals surface area (Å²) in [6, 6.07) is 14.4. The first-order valence-electron chi connectivity index (χ1n) is 10.9. The molecule has 5 nitrogen and oxygen atoms in total. The average Bonchev–Trinajstić information content (AvgIpc) is 2.75. The summed E-state index contributed by atoms with van der Waals surface area (Å²) in [5, 5.41) is 5.35. The molecule has 8 heteroatoms. The number of fused-ring (bicyclic) bond motifs is 1. The molecule has 0 radical (unpaired) electrons. The molecule has 1 heterocycles. The Kier molecular flexibility index (Phi) is 10.2. The minimum absolute atomic E-state index is 0. The number of hydrogen-bond donors (Lipinski definition) is 2. The second-order valence-corrected chi connectivity index (χ2v) is 8.85. The molecule has 1 saturated carbocycles. The topological polar surface area (TPSA) is 73.1 Å². The quantitative estimate of drug-likeness (QED) is 0.384. The first-order chi connectivity index (χ1) is 15.0. The van der Waals surface area contributed by atoms with Crippen molar-refractivity contribution < 1.29 is 4.74 Å². The Labute approximate surface area is 213 Å². The van der Waals surface area contributed by atoms with Gasteiger partial charge in [0.15, 0.2) is 5.82 Å². The van der Waals surface area contributed by atoms with E-state index in [1.165, 1.54) is 0 Å². The van der Waals surface area contributed by atoms with Crippen molar-refractivity contribution in [2.45, 2.75) is 57.7 Å². The van der Waals surface area contributed by atoms with Gasteiger partial charge in [0.1, 0.15) is 11.6 Å². The molecule has 0 unspecified atom stereocenters. The van der Waals surface area contributed by atoms with E-state index in [-0.39, 0.29) is 30.9 Å². The van der Waals surface area contributed by atoms with Gasteiger partial charge in [-0.3, -0.25) is 0 Å². The van der Waals surface area contributed by atoms with Crippen LogP contribution in [0.5, 0.6) is 5.75 Å². The monoisotopic (exact) mass is 508 g/mol. The Morgan fingerprint density at radius 3 is 2.36 bits per heavy atom. The Morgan fingerprint density at radius 2 is 1.70 bits per heavy atom. The van der Waals surface area contributed by atoms with Gasteiger partial charge in [0, 0.05) is 22.5 Å². The summed E-state index contributed by atoms with van der Waals surface area (Å²) in [5.41, 5.74) is 8.02. The summed E-state index contributed by atoms with van der Waals surface area (Å²) < 4.78 is 5.90. The summed E-state index contributed by atoms with van der Waals surface area (Å²) in [6.45, 7) is 4.05. The van der Waals surface area contributed by atoms with Gasteiger partial charge in [0.25, 0.3) is 0 Å². The summed E-state index contributed by atoms with van der Waals surface area (Å²) in [5.74, 6) is 2.33. The Morgan fingerprint density at radius 1 is 1.00 bits per heavy atom. The molecule has 1 aromatic heterocycles. The molecule has 1 aliphatic carbocycles. The summed E-state index contributed by atoms with van der Waals surface area (Å²) in [6.07, 6.45) is 8.20. The zero-order chi connectivity index (χ0) is 21.8. The van der Waals surface area contributed by atoms with Crippen LogP contribution in [-0.4, -0.2) is 28.2 Å². The average molecular weight is 510 g/mol. The van der Waals surface area contributed by atoms with E-state index >= 15 is 0 Å². The molecule has 0 atom stereocenters. The van der Waals surface area contributed by atoms with E-state index in [0.29, 0.717) is 17.9 Å². The highest BCUT2D eigenvalue weighted by molar-refractivity contribution is 6.30. The fourth-order valence-electron chi connectivity index (χ4n) is 3.86. The van der Waals surface area contributed by atoms with Crippen LogP contribution in [0.1, 0.15) is 50.9 Å². The molecule has 0 saturated heterocycles. The van der Waals surface area contributed by atoms with Crippen LogP contribution in [0.25, 0.3) is 23.1 Å². The van der Waals surface area contributed by atoms with Gasteiger partial charge < -0.3 is 15.8 Å². The number of anilines is 1. The zero-order valence-electron chi connectivity index (χ0n) is 18.8.